The normalized spacial score (nSPS) is 20.3. The summed E-state index contributed by atoms with van der Waals surface area (Å²) in [5.74, 6) is 0.207. The van der Waals surface area contributed by atoms with Crippen LogP contribution in [0.5, 0.6) is 0 Å². The number of carbonyl (C=O) groups excluding carboxylic acids is 1. The molecular formula is C27H29N3O3S. The van der Waals surface area contributed by atoms with Crippen LogP contribution in [0.1, 0.15) is 32.3 Å². The number of aromatic nitrogens is 2. The molecule has 2 aromatic carbocycles. The first-order valence-corrected chi connectivity index (χ1v) is 12.7. The highest BCUT2D eigenvalue weighted by molar-refractivity contribution is 7.99. The van der Waals surface area contributed by atoms with E-state index in [0.29, 0.717) is 22.6 Å². The zero-order chi connectivity index (χ0) is 23.9. The lowest BCUT2D eigenvalue weighted by molar-refractivity contribution is -0.112. The molecule has 1 atom stereocenters. The quantitative estimate of drug-likeness (QED) is 0.296. The van der Waals surface area contributed by atoms with Crippen LogP contribution in [-0.4, -0.2) is 40.8 Å². The highest BCUT2D eigenvalue weighted by Gasteiger charge is 2.38. The highest BCUT2D eigenvalue weighted by atomic mass is 32.2. The van der Waals surface area contributed by atoms with Crippen molar-refractivity contribution in [2.45, 2.75) is 49.9 Å². The molecule has 0 saturated carbocycles. The number of para-hydroxylation sites is 2. The van der Waals surface area contributed by atoms with Crippen molar-refractivity contribution in [2.24, 2.45) is 0 Å². The molecule has 7 heteroatoms. The molecule has 0 aliphatic carbocycles. The Hall–Kier alpha value is -2.90. The van der Waals surface area contributed by atoms with Gasteiger partial charge in [0, 0.05) is 36.5 Å². The van der Waals surface area contributed by atoms with Crippen molar-refractivity contribution in [1.29, 1.82) is 0 Å². The largest absolute Gasteiger partial charge is 0.376 e. The number of rotatable bonds is 6. The lowest BCUT2D eigenvalue weighted by Crippen LogP contribution is -2.29. The third-order valence-electron chi connectivity index (χ3n) is 6.82. The molecule has 2 aliphatic heterocycles. The minimum absolute atomic E-state index is 0.00111. The lowest BCUT2D eigenvalue weighted by Gasteiger charge is -2.24. The lowest BCUT2D eigenvalue weighted by atomic mass is 9.83. The van der Waals surface area contributed by atoms with Gasteiger partial charge in [0.05, 0.1) is 29.3 Å². The van der Waals surface area contributed by atoms with Crippen molar-refractivity contribution in [1.82, 2.24) is 9.55 Å². The molecule has 176 valence electrons. The number of fused-ring (bicyclic) bond motifs is 2. The van der Waals surface area contributed by atoms with Gasteiger partial charge in [0.2, 0.25) is 0 Å². The standard InChI is InChI=1S/C27H29N3O3S/c1-27(2)21-11-5-7-13-23(21)29(3)24(27)15-18(31)17-34-26-28-22-12-6-4-10-20(22)25(32)30(26)16-19-9-8-14-33-19/h4-7,10-13,15,19H,8-9,14,16-17H2,1-3H3/b24-15-. The molecule has 1 fully saturated rings. The van der Waals surface area contributed by atoms with E-state index in [1.54, 1.807) is 16.7 Å². The van der Waals surface area contributed by atoms with Crippen LogP contribution in [-0.2, 0) is 21.5 Å². The Morgan fingerprint density at radius 3 is 2.74 bits per heavy atom. The van der Waals surface area contributed by atoms with Crippen LogP contribution < -0.4 is 10.5 Å². The Morgan fingerprint density at radius 2 is 1.97 bits per heavy atom. The number of ketones is 1. The fourth-order valence-electron chi connectivity index (χ4n) is 5.00. The summed E-state index contributed by atoms with van der Waals surface area (Å²) in [5.41, 5.74) is 3.63. The Labute approximate surface area is 203 Å². The Bertz CT molecular complexity index is 1340. The van der Waals surface area contributed by atoms with E-state index in [9.17, 15) is 9.59 Å². The van der Waals surface area contributed by atoms with Crippen molar-refractivity contribution in [2.75, 3.05) is 24.3 Å². The van der Waals surface area contributed by atoms with Gasteiger partial charge in [-0.25, -0.2) is 4.98 Å². The summed E-state index contributed by atoms with van der Waals surface area (Å²) in [6.45, 7) is 5.47. The van der Waals surface area contributed by atoms with Crippen LogP contribution in [0.3, 0.4) is 0 Å². The number of hydrogen-bond acceptors (Lipinski definition) is 6. The van der Waals surface area contributed by atoms with Crippen molar-refractivity contribution in [3.05, 3.63) is 76.2 Å². The predicted molar refractivity (Wildman–Crippen MR) is 137 cm³/mol. The molecule has 6 nitrogen and oxygen atoms in total. The van der Waals surface area contributed by atoms with Gasteiger partial charge in [-0.15, -0.1) is 0 Å². The summed E-state index contributed by atoms with van der Waals surface area (Å²) in [4.78, 5) is 33.2. The summed E-state index contributed by atoms with van der Waals surface area (Å²) in [6, 6.07) is 15.6. The van der Waals surface area contributed by atoms with Crippen LogP contribution in [0.15, 0.2) is 70.3 Å². The van der Waals surface area contributed by atoms with Crippen LogP contribution in [0.25, 0.3) is 10.9 Å². The molecule has 0 bridgehead atoms. The van der Waals surface area contributed by atoms with Crippen LogP contribution >= 0.6 is 11.8 Å². The van der Waals surface area contributed by atoms with Gasteiger partial charge < -0.3 is 9.64 Å². The maximum absolute atomic E-state index is 13.3. The number of thioether (sulfide) groups is 1. The zero-order valence-corrected chi connectivity index (χ0v) is 20.6. The molecular weight excluding hydrogens is 446 g/mol. The average Bonchev–Trinajstić information content (AvgIpc) is 3.41. The predicted octanol–water partition coefficient (Wildman–Crippen LogP) is 4.55. The first-order valence-electron chi connectivity index (χ1n) is 11.7. The van der Waals surface area contributed by atoms with E-state index in [1.165, 1.54) is 17.3 Å². The number of hydrogen-bond donors (Lipinski definition) is 0. The molecule has 5 rings (SSSR count). The molecule has 1 saturated heterocycles. The zero-order valence-electron chi connectivity index (χ0n) is 19.8. The third kappa shape index (κ3) is 4.07. The smallest absolute Gasteiger partial charge is 0.262 e. The topological polar surface area (TPSA) is 64.4 Å². The molecule has 1 aromatic heterocycles. The maximum atomic E-state index is 13.3. The summed E-state index contributed by atoms with van der Waals surface area (Å²) in [5, 5.41) is 1.15. The first-order chi connectivity index (χ1) is 16.4. The fraction of sp³-hybridized carbons (Fsp3) is 0.370. The summed E-state index contributed by atoms with van der Waals surface area (Å²) in [6.07, 6.45) is 3.68. The number of benzene rings is 2. The Balaban J connectivity index is 1.41. The van der Waals surface area contributed by atoms with Gasteiger partial charge in [-0.1, -0.05) is 55.9 Å². The van der Waals surface area contributed by atoms with E-state index in [4.69, 9.17) is 9.72 Å². The van der Waals surface area contributed by atoms with Crippen molar-refractivity contribution >= 4 is 34.1 Å². The summed E-state index contributed by atoms with van der Waals surface area (Å²) in [7, 11) is 2.00. The number of carbonyl (C=O) groups is 1. The van der Waals surface area contributed by atoms with E-state index < -0.39 is 0 Å². The molecule has 0 radical (unpaired) electrons. The van der Waals surface area contributed by atoms with Crippen LogP contribution in [0.2, 0.25) is 0 Å². The van der Waals surface area contributed by atoms with Crippen LogP contribution in [0, 0.1) is 0 Å². The minimum atomic E-state index is -0.255. The number of likely N-dealkylation sites (N-methyl/N-ethyl adjacent to an activating group) is 1. The summed E-state index contributed by atoms with van der Waals surface area (Å²) < 4.78 is 7.47. The molecule has 2 aliphatic rings. The van der Waals surface area contributed by atoms with E-state index in [2.05, 4.69) is 30.9 Å². The van der Waals surface area contributed by atoms with E-state index >= 15 is 0 Å². The maximum Gasteiger partial charge on any atom is 0.262 e. The third-order valence-corrected chi connectivity index (χ3v) is 7.82. The SMILES string of the molecule is CN1/C(=C\C(=O)CSc2nc3ccccc3c(=O)n2CC2CCCO2)C(C)(C)c2ccccc21. The van der Waals surface area contributed by atoms with Gasteiger partial charge in [-0.2, -0.15) is 0 Å². The van der Waals surface area contributed by atoms with Crippen molar-refractivity contribution in [3.63, 3.8) is 0 Å². The fourth-order valence-corrected chi connectivity index (χ4v) is 5.83. The molecule has 34 heavy (non-hydrogen) atoms. The van der Waals surface area contributed by atoms with Gasteiger partial charge >= 0.3 is 0 Å². The van der Waals surface area contributed by atoms with Gasteiger partial charge in [0.25, 0.3) is 5.56 Å². The van der Waals surface area contributed by atoms with Gasteiger partial charge in [-0.05, 0) is 36.6 Å². The minimum Gasteiger partial charge on any atom is -0.376 e. The molecule has 0 spiro atoms. The van der Waals surface area contributed by atoms with E-state index in [-0.39, 0.29) is 28.6 Å². The van der Waals surface area contributed by atoms with Gasteiger partial charge in [-0.3, -0.25) is 14.2 Å². The number of allylic oxidation sites excluding steroid dienone is 2. The molecule has 1 unspecified atom stereocenters. The molecule has 3 heterocycles. The Kier molecular flexibility index (Phi) is 6.08. The number of ether oxygens (including phenoxy) is 1. The molecule has 3 aromatic rings. The van der Waals surface area contributed by atoms with Crippen molar-refractivity contribution < 1.29 is 9.53 Å². The second-order valence-electron chi connectivity index (χ2n) is 9.45. The second-order valence-corrected chi connectivity index (χ2v) is 10.4. The van der Waals surface area contributed by atoms with Gasteiger partial charge in [0.1, 0.15) is 0 Å². The number of nitrogens with zero attached hydrogens (tertiary/aromatic N) is 3. The van der Waals surface area contributed by atoms with Gasteiger partial charge in [0.15, 0.2) is 10.9 Å². The van der Waals surface area contributed by atoms with Crippen molar-refractivity contribution in [3.8, 4) is 0 Å². The highest BCUT2D eigenvalue weighted by Crippen LogP contribution is 2.46. The Morgan fingerprint density at radius 1 is 1.21 bits per heavy atom. The summed E-state index contributed by atoms with van der Waals surface area (Å²) >= 11 is 1.32. The van der Waals surface area contributed by atoms with Crippen LogP contribution in [0.4, 0.5) is 5.69 Å². The molecule has 0 amide bonds. The van der Waals surface area contributed by atoms with E-state index in [0.717, 1.165) is 30.8 Å². The number of anilines is 1. The second kappa shape index (κ2) is 9.04. The molecule has 0 N–H and O–H groups in total. The monoisotopic (exact) mass is 475 g/mol. The first kappa shape index (κ1) is 22.9. The van der Waals surface area contributed by atoms with E-state index in [1.807, 2.05) is 37.4 Å². The average molecular weight is 476 g/mol.